The van der Waals surface area contributed by atoms with E-state index >= 15 is 0 Å². The Balaban J connectivity index is 1.80. The molecule has 0 radical (unpaired) electrons. The number of nitrogens with one attached hydrogen (secondary N) is 1. The fourth-order valence-corrected chi connectivity index (χ4v) is 3.93. The van der Waals surface area contributed by atoms with E-state index in [0.29, 0.717) is 5.56 Å². The number of imidazole rings is 1. The Bertz CT molecular complexity index is 1160. The molecule has 0 saturated heterocycles. The summed E-state index contributed by atoms with van der Waals surface area (Å²) in [4.78, 5) is 27.5. The van der Waals surface area contributed by atoms with Crippen LogP contribution in [0.3, 0.4) is 0 Å². The summed E-state index contributed by atoms with van der Waals surface area (Å²) in [6, 6.07) is 16.0. The predicted octanol–water partition coefficient (Wildman–Crippen LogP) is 2.56. The minimum Gasteiger partial charge on any atom is -0.438 e. The number of hydrogen-bond donors (Lipinski definition) is 1. The molecule has 1 N–H and O–H groups in total. The Kier molecular flexibility index (Phi) is 7.39. The molecule has 1 amide bonds. The number of aromatic nitrogens is 2. The highest BCUT2D eigenvalue weighted by Crippen LogP contribution is 2.23. The Morgan fingerprint density at radius 1 is 1.12 bits per heavy atom. The largest absolute Gasteiger partial charge is 0.438 e. The van der Waals surface area contributed by atoms with Gasteiger partial charge in [-0.3, -0.25) is 4.79 Å². The van der Waals surface area contributed by atoms with E-state index in [0.717, 1.165) is 25.7 Å². The predicted molar refractivity (Wildman–Crippen MR) is 118 cm³/mol. The van der Waals surface area contributed by atoms with Crippen molar-refractivity contribution < 1.29 is 22.7 Å². The highest BCUT2D eigenvalue weighted by molar-refractivity contribution is 7.87. The standard InChI is InChI=1S/C22H24N4O5S/c1-25(2)32(29,30)26-13-12-23-21(26)20(14-17-6-4-3-5-7-17)31-22(28)24-15-18-8-10-19(16-27)11-9-18/h3-13,16,20H,14-15H2,1-2H3,(H,24,28). The van der Waals surface area contributed by atoms with Crippen LogP contribution in [-0.2, 0) is 27.9 Å². The number of ether oxygens (including phenoxy) is 1. The van der Waals surface area contributed by atoms with Gasteiger partial charge in [-0.25, -0.2) is 13.8 Å². The molecule has 0 fully saturated rings. The van der Waals surface area contributed by atoms with Gasteiger partial charge in [-0.2, -0.15) is 12.7 Å². The second-order valence-corrected chi connectivity index (χ2v) is 9.19. The lowest BCUT2D eigenvalue weighted by atomic mass is 10.1. The highest BCUT2D eigenvalue weighted by Gasteiger charge is 2.28. The molecule has 0 aliphatic rings. The smallest absolute Gasteiger partial charge is 0.408 e. The summed E-state index contributed by atoms with van der Waals surface area (Å²) in [5.74, 6) is 0.0908. The maximum atomic E-state index is 12.7. The van der Waals surface area contributed by atoms with Gasteiger partial charge in [0, 0.05) is 45.0 Å². The summed E-state index contributed by atoms with van der Waals surface area (Å²) in [7, 11) is -1.03. The zero-order chi connectivity index (χ0) is 23.1. The van der Waals surface area contributed by atoms with Crippen LogP contribution in [0, 0.1) is 0 Å². The minimum absolute atomic E-state index is 0.0908. The van der Waals surface area contributed by atoms with Crippen LogP contribution in [0.25, 0.3) is 0 Å². The van der Waals surface area contributed by atoms with Crippen molar-refractivity contribution in [2.75, 3.05) is 14.1 Å². The third-order valence-corrected chi connectivity index (χ3v) is 6.43. The van der Waals surface area contributed by atoms with Gasteiger partial charge in [-0.1, -0.05) is 54.6 Å². The van der Waals surface area contributed by atoms with Crippen molar-refractivity contribution in [2.45, 2.75) is 19.1 Å². The number of amides is 1. The highest BCUT2D eigenvalue weighted by atomic mass is 32.2. The second kappa shape index (κ2) is 10.2. The van der Waals surface area contributed by atoms with Crippen molar-refractivity contribution in [3.05, 3.63) is 89.5 Å². The Hall–Kier alpha value is -3.50. The summed E-state index contributed by atoms with van der Waals surface area (Å²) in [6.07, 6.45) is 1.98. The van der Waals surface area contributed by atoms with Crippen molar-refractivity contribution in [1.82, 2.24) is 18.6 Å². The fraction of sp³-hybridized carbons (Fsp3) is 0.227. The van der Waals surface area contributed by atoms with E-state index in [1.54, 1.807) is 24.3 Å². The molecular formula is C22H24N4O5S. The average Bonchev–Trinajstić information content (AvgIpc) is 3.29. The van der Waals surface area contributed by atoms with Gasteiger partial charge in [-0.05, 0) is 11.1 Å². The lowest BCUT2D eigenvalue weighted by Gasteiger charge is -2.21. The van der Waals surface area contributed by atoms with E-state index in [1.165, 1.54) is 26.5 Å². The van der Waals surface area contributed by atoms with Crippen LogP contribution in [0.4, 0.5) is 4.79 Å². The Labute approximate surface area is 186 Å². The molecule has 0 aliphatic heterocycles. The van der Waals surface area contributed by atoms with E-state index in [2.05, 4.69) is 10.3 Å². The number of rotatable bonds is 9. The maximum Gasteiger partial charge on any atom is 0.408 e. The van der Waals surface area contributed by atoms with Crippen molar-refractivity contribution in [2.24, 2.45) is 0 Å². The third kappa shape index (κ3) is 5.59. The van der Waals surface area contributed by atoms with Crippen molar-refractivity contribution in [3.8, 4) is 0 Å². The molecule has 0 saturated carbocycles. The molecule has 1 unspecified atom stereocenters. The van der Waals surface area contributed by atoms with Gasteiger partial charge in [0.25, 0.3) is 0 Å². The molecule has 32 heavy (non-hydrogen) atoms. The van der Waals surface area contributed by atoms with E-state index in [-0.39, 0.29) is 18.8 Å². The van der Waals surface area contributed by atoms with E-state index in [4.69, 9.17) is 4.74 Å². The zero-order valence-corrected chi connectivity index (χ0v) is 18.5. The molecule has 10 heteroatoms. The third-order valence-electron chi connectivity index (χ3n) is 4.70. The Morgan fingerprint density at radius 3 is 2.44 bits per heavy atom. The molecule has 168 valence electrons. The average molecular weight is 457 g/mol. The molecule has 1 heterocycles. The number of benzene rings is 2. The van der Waals surface area contributed by atoms with Crippen LogP contribution in [0.5, 0.6) is 0 Å². The maximum absolute atomic E-state index is 12.7. The van der Waals surface area contributed by atoms with Gasteiger partial charge in [-0.15, -0.1) is 0 Å². The van der Waals surface area contributed by atoms with Crippen molar-refractivity contribution in [3.63, 3.8) is 0 Å². The molecule has 0 bridgehead atoms. The molecule has 1 atom stereocenters. The first-order valence-electron chi connectivity index (χ1n) is 9.80. The first kappa shape index (κ1) is 23.2. The van der Waals surface area contributed by atoms with Gasteiger partial charge in [0.2, 0.25) is 0 Å². The zero-order valence-electron chi connectivity index (χ0n) is 17.7. The molecule has 2 aromatic carbocycles. The molecule has 3 aromatic rings. The van der Waals surface area contributed by atoms with Crippen LogP contribution in [0.1, 0.15) is 33.4 Å². The van der Waals surface area contributed by atoms with Crippen LogP contribution in [0.15, 0.2) is 67.0 Å². The summed E-state index contributed by atoms with van der Waals surface area (Å²) >= 11 is 0. The molecule has 0 aliphatic carbocycles. The number of carbonyl (C=O) groups excluding carboxylic acids is 2. The molecule has 0 spiro atoms. The van der Waals surface area contributed by atoms with Crippen LogP contribution in [-0.4, -0.2) is 48.2 Å². The number of carbonyl (C=O) groups is 2. The number of aldehydes is 1. The molecule has 3 rings (SSSR count). The van der Waals surface area contributed by atoms with Gasteiger partial charge < -0.3 is 10.1 Å². The first-order valence-corrected chi connectivity index (χ1v) is 11.2. The van der Waals surface area contributed by atoms with Gasteiger partial charge in [0.05, 0.1) is 0 Å². The summed E-state index contributed by atoms with van der Waals surface area (Å²) in [5.41, 5.74) is 2.17. The first-order chi connectivity index (χ1) is 15.3. The Morgan fingerprint density at radius 2 is 1.81 bits per heavy atom. The van der Waals surface area contributed by atoms with Crippen LogP contribution in [0.2, 0.25) is 0 Å². The number of alkyl carbamates (subject to hydrolysis) is 1. The topological polar surface area (TPSA) is 111 Å². The molecule has 9 nitrogen and oxygen atoms in total. The quantitative estimate of drug-likeness (QED) is 0.496. The van der Waals surface area contributed by atoms with Crippen LogP contribution >= 0.6 is 0 Å². The van der Waals surface area contributed by atoms with Crippen LogP contribution < -0.4 is 5.32 Å². The molecule has 1 aromatic heterocycles. The summed E-state index contributed by atoms with van der Waals surface area (Å²) < 4.78 is 33.0. The lowest BCUT2D eigenvalue weighted by molar-refractivity contribution is 0.0918. The van der Waals surface area contributed by atoms with Crippen molar-refractivity contribution in [1.29, 1.82) is 0 Å². The van der Waals surface area contributed by atoms with Crippen molar-refractivity contribution >= 4 is 22.6 Å². The number of nitrogens with zero attached hydrogens (tertiary/aromatic N) is 3. The minimum atomic E-state index is -3.85. The normalized spacial score (nSPS) is 12.3. The summed E-state index contributed by atoms with van der Waals surface area (Å²) in [5, 5.41) is 2.65. The van der Waals surface area contributed by atoms with E-state index in [9.17, 15) is 18.0 Å². The van der Waals surface area contributed by atoms with Gasteiger partial charge >= 0.3 is 16.3 Å². The molecular weight excluding hydrogens is 432 g/mol. The summed E-state index contributed by atoms with van der Waals surface area (Å²) in [6.45, 7) is 0.181. The van der Waals surface area contributed by atoms with E-state index < -0.39 is 22.4 Å². The monoisotopic (exact) mass is 456 g/mol. The SMILES string of the molecule is CN(C)S(=O)(=O)n1ccnc1C(Cc1ccccc1)OC(=O)NCc1ccc(C=O)cc1. The fourth-order valence-electron chi connectivity index (χ4n) is 2.97. The number of hydrogen-bond acceptors (Lipinski definition) is 6. The lowest BCUT2D eigenvalue weighted by Crippen LogP contribution is -2.32. The van der Waals surface area contributed by atoms with Gasteiger partial charge in [0.15, 0.2) is 11.9 Å². The second-order valence-electron chi connectivity index (χ2n) is 7.17. The van der Waals surface area contributed by atoms with E-state index in [1.807, 2.05) is 30.3 Å². The van der Waals surface area contributed by atoms with Gasteiger partial charge in [0.1, 0.15) is 6.29 Å².